The van der Waals surface area contributed by atoms with E-state index in [1.807, 2.05) is 19.3 Å². The molecule has 0 aliphatic heterocycles. The van der Waals surface area contributed by atoms with Crippen molar-refractivity contribution in [2.45, 2.75) is 6.42 Å². The van der Waals surface area contributed by atoms with Gasteiger partial charge in [-0.1, -0.05) is 0 Å². The summed E-state index contributed by atoms with van der Waals surface area (Å²) >= 11 is 0. The van der Waals surface area contributed by atoms with Gasteiger partial charge >= 0.3 is 5.69 Å². The van der Waals surface area contributed by atoms with E-state index < -0.39 is 4.92 Å². The Morgan fingerprint density at radius 3 is 3.00 bits per heavy atom. The maximum atomic E-state index is 10.8. The summed E-state index contributed by atoms with van der Waals surface area (Å²) in [5.74, 6) is 0. The van der Waals surface area contributed by atoms with Gasteiger partial charge < -0.3 is 5.32 Å². The molecule has 2 aromatic rings. The van der Waals surface area contributed by atoms with Crippen LogP contribution in [0, 0.1) is 10.1 Å². The number of hydrogen-bond acceptors (Lipinski definition) is 5. The van der Waals surface area contributed by atoms with Gasteiger partial charge in [-0.3, -0.25) is 19.8 Å². The average Bonchev–Trinajstić information content (AvgIpc) is 2.75. The van der Waals surface area contributed by atoms with Gasteiger partial charge in [-0.2, -0.15) is 5.10 Å². The van der Waals surface area contributed by atoms with E-state index in [1.54, 1.807) is 10.7 Å². The standard InChI is InChI=1S/C11H13N5O2/c1-15-7-4-9(14-15)2-6-13-10-3-5-12-8-11(10)16(17)18/h3-5,7-8H,2,6H2,1H3,(H,12,13). The third kappa shape index (κ3) is 2.82. The number of aromatic nitrogens is 3. The first-order valence-electron chi connectivity index (χ1n) is 5.47. The maximum Gasteiger partial charge on any atom is 0.310 e. The molecule has 94 valence electrons. The summed E-state index contributed by atoms with van der Waals surface area (Å²) in [6.45, 7) is 0.585. The Morgan fingerprint density at radius 1 is 1.50 bits per heavy atom. The Bertz CT molecular complexity index is 552. The minimum atomic E-state index is -0.448. The van der Waals surface area contributed by atoms with Crippen molar-refractivity contribution in [3.8, 4) is 0 Å². The summed E-state index contributed by atoms with van der Waals surface area (Å²) in [5.41, 5.74) is 1.41. The van der Waals surface area contributed by atoms with Crippen LogP contribution in [0.3, 0.4) is 0 Å². The van der Waals surface area contributed by atoms with Crippen LogP contribution < -0.4 is 5.32 Å². The number of nitrogens with one attached hydrogen (secondary N) is 1. The highest BCUT2D eigenvalue weighted by molar-refractivity contribution is 5.59. The topological polar surface area (TPSA) is 85.9 Å². The van der Waals surface area contributed by atoms with Gasteiger partial charge in [0.05, 0.1) is 10.6 Å². The minimum absolute atomic E-state index is 0.0153. The predicted molar refractivity (Wildman–Crippen MR) is 66.3 cm³/mol. The van der Waals surface area contributed by atoms with Gasteiger partial charge in [0.1, 0.15) is 11.9 Å². The number of nitro groups is 1. The molecular weight excluding hydrogens is 234 g/mol. The summed E-state index contributed by atoms with van der Waals surface area (Å²) in [6.07, 6.45) is 5.34. The van der Waals surface area contributed by atoms with E-state index in [-0.39, 0.29) is 5.69 Å². The monoisotopic (exact) mass is 247 g/mol. The highest BCUT2D eigenvalue weighted by Gasteiger charge is 2.12. The van der Waals surface area contributed by atoms with Crippen LogP contribution in [0.2, 0.25) is 0 Å². The van der Waals surface area contributed by atoms with Crippen LogP contribution in [0.5, 0.6) is 0 Å². The lowest BCUT2D eigenvalue weighted by molar-refractivity contribution is -0.384. The van der Waals surface area contributed by atoms with Gasteiger partial charge in [0.2, 0.25) is 0 Å². The van der Waals surface area contributed by atoms with Gasteiger partial charge in [0.25, 0.3) is 0 Å². The Hall–Kier alpha value is -2.44. The Kier molecular flexibility index (Phi) is 3.52. The van der Waals surface area contributed by atoms with Crippen LogP contribution in [-0.4, -0.2) is 26.2 Å². The lowest BCUT2D eigenvalue weighted by Gasteiger charge is -2.05. The van der Waals surface area contributed by atoms with Crippen LogP contribution >= 0.6 is 0 Å². The van der Waals surface area contributed by atoms with Crippen molar-refractivity contribution < 1.29 is 4.92 Å². The van der Waals surface area contributed by atoms with Crippen molar-refractivity contribution in [2.24, 2.45) is 7.05 Å². The summed E-state index contributed by atoms with van der Waals surface area (Å²) < 4.78 is 1.73. The molecule has 2 rings (SSSR count). The molecule has 0 atom stereocenters. The second-order valence-corrected chi connectivity index (χ2v) is 3.81. The van der Waals surface area contributed by atoms with E-state index in [0.717, 1.165) is 5.69 Å². The highest BCUT2D eigenvalue weighted by Crippen LogP contribution is 2.21. The van der Waals surface area contributed by atoms with Gasteiger partial charge in [-0.15, -0.1) is 0 Å². The lowest BCUT2D eigenvalue weighted by Crippen LogP contribution is -2.07. The molecule has 0 unspecified atom stereocenters. The van der Waals surface area contributed by atoms with Crippen LogP contribution in [0.15, 0.2) is 30.7 Å². The largest absolute Gasteiger partial charge is 0.379 e. The summed E-state index contributed by atoms with van der Waals surface area (Å²) in [7, 11) is 1.85. The Labute approximate surface area is 104 Å². The summed E-state index contributed by atoms with van der Waals surface area (Å²) in [5, 5.41) is 18.0. The van der Waals surface area contributed by atoms with E-state index in [4.69, 9.17) is 0 Å². The molecule has 0 saturated heterocycles. The zero-order valence-corrected chi connectivity index (χ0v) is 9.91. The molecule has 0 radical (unpaired) electrons. The van der Waals surface area contributed by atoms with Crippen molar-refractivity contribution >= 4 is 11.4 Å². The molecule has 0 saturated carbocycles. The molecule has 2 heterocycles. The molecule has 0 bridgehead atoms. The lowest BCUT2D eigenvalue weighted by atomic mass is 10.3. The van der Waals surface area contributed by atoms with E-state index in [2.05, 4.69) is 15.4 Å². The number of nitrogens with zero attached hydrogens (tertiary/aromatic N) is 4. The van der Waals surface area contributed by atoms with E-state index in [9.17, 15) is 10.1 Å². The average molecular weight is 247 g/mol. The third-order valence-corrected chi connectivity index (χ3v) is 2.46. The molecule has 1 N–H and O–H groups in total. The third-order valence-electron chi connectivity index (χ3n) is 2.46. The van der Waals surface area contributed by atoms with Crippen molar-refractivity contribution in [2.75, 3.05) is 11.9 Å². The summed E-state index contributed by atoms with van der Waals surface area (Å²) in [4.78, 5) is 14.1. The molecule has 0 amide bonds. The van der Waals surface area contributed by atoms with Gasteiger partial charge in [0, 0.05) is 32.4 Å². The first-order chi connectivity index (χ1) is 8.66. The number of aryl methyl sites for hydroxylation is 1. The van der Waals surface area contributed by atoms with Crippen molar-refractivity contribution in [3.63, 3.8) is 0 Å². The molecule has 7 heteroatoms. The molecule has 0 fully saturated rings. The fourth-order valence-corrected chi connectivity index (χ4v) is 1.60. The fraction of sp³-hybridized carbons (Fsp3) is 0.273. The number of pyridine rings is 1. The SMILES string of the molecule is Cn1ccc(CCNc2ccncc2[N+](=O)[O-])n1. The highest BCUT2D eigenvalue weighted by atomic mass is 16.6. The van der Waals surface area contributed by atoms with Gasteiger partial charge in [0.15, 0.2) is 0 Å². The molecule has 0 aliphatic carbocycles. The van der Waals surface area contributed by atoms with Crippen molar-refractivity contribution in [3.05, 3.63) is 46.5 Å². The van der Waals surface area contributed by atoms with Crippen molar-refractivity contribution in [1.29, 1.82) is 0 Å². The Morgan fingerprint density at radius 2 is 2.33 bits per heavy atom. The molecule has 2 aromatic heterocycles. The number of rotatable bonds is 5. The van der Waals surface area contributed by atoms with Crippen LogP contribution in [0.1, 0.15) is 5.69 Å². The van der Waals surface area contributed by atoms with E-state index >= 15 is 0 Å². The normalized spacial score (nSPS) is 10.3. The second kappa shape index (κ2) is 5.26. The quantitative estimate of drug-likeness (QED) is 0.637. The van der Waals surface area contributed by atoms with Crippen LogP contribution in [0.4, 0.5) is 11.4 Å². The first kappa shape index (κ1) is 12.0. The number of anilines is 1. The summed E-state index contributed by atoms with van der Waals surface area (Å²) in [6, 6.07) is 3.51. The molecule has 18 heavy (non-hydrogen) atoms. The van der Waals surface area contributed by atoms with E-state index in [1.165, 1.54) is 12.4 Å². The minimum Gasteiger partial charge on any atom is -0.379 e. The van der Waals surface area contributed by atoms with Crippen molar-refractivity contribution in [1.82, 2.24) is 14.8 Å². The molecule has 0 aliphatic rings. The molecule has 0 spiro atoms. The van der Waals surface area contributed by atoms with E-state index in [0.29, 0.717) is 18.7 Å². The second-order valence-electron chi connectivity index (χ2n) is 3.81. The van der Waals surface area contributed by atoms with Gasteiger partial charge in [-0.05, 0) is 12.1 Å². The molecular formula is C11H13N5O2. The Balaban J connectivity index is 1.96. The predicted octanol–water partition coefficient (Wildman–Crippen LogP) is 1.38. The smallest absolute Gasteiger partial charge is 0.310 e. The molecule has 0 aromatic carbocycles. The van der Waals surface area contributed by atoms with Crippen LogP contribution in [-0.2, 0) is 13.5 Å². The zero-order valence-electron chi connectivity index (χ0n) is 9.91. The number of hydrogen-bond donors (Lipinski definition) is 1. The fourth-order valence-electron chi connectivity index (χ4n) is 1.60. The maximum absolute atomic E-state index is 10.8. The first-order valence-corrected chi connectivity index (χ1v) is 5.47. The molecule has 7 nitrogen and oxygen atoms in total. The zero-order chi connectivity index (χ0) is 13.0. The van der Waals surface area contributed by atoms with Crippen LogP contribution in [0.25, 0.3) is 0 Å². The van der Waals surface area contributed by atoms with Gasteiger partial charge in [-0.25, -0.2) is 0 Å².